The third kappa shape index (κ3) is 2.03. The van der Waals surface area contributed by atoms with Crippen LogP contribution in [0.4, 0.5) is 5.69 Å². The average Bonchev–Trinajstić information content (AvgIpc) is 2.81. The zero-order chi connectivity index (χ0) is 14.1. The molecular weight excluding hydrogens is 274 g/mol. The summed E-state index contributed by atoms with van der Waals surface area (Å²) in [6, 6.07) is 13.3. The summed E-state index contributed by atoms with van der Waals surface area (Å²) in [5.74, 6) is 0.722. The number of para-hydroxylation sites is 3. The quantitative estimate of drug-likeness (QED) is 0.728. The van der Waals surface area contributed by atoms with E-state index in [4.69, 9.17) is 17.3 Å². The summed E-state index contributed by atoms with van der Waals surface area (Å²) in [7, 11) is 0. The van der Waals surface area contributed by atoms with Gasteiger partial charge in [0.25, 0.3) is 0 Å². The number of nitrogen functional groups attached to an aromatic ring is 1. The minimum Gasteiger partial charge on any atom is -0.397 e. The first-order valence-corrected chi connectivity index (χ1v) is 6.70. The lowest BCUT2D eigenvalue weighted by Crippen LogP contribution is -2.05. The topological polar surface area (TPSA) is 64.1 Å². The fourth-order valence-electron chi connectivity index (χ4n) is 2.34. The first kappa shape index (κ1) is 13.0. The summed E-state index contributed by atoms with van der Waals surface area (Å²) in [6.45, 7) is 0.496. The average molecular weight is 288 g/mol. The van der Waals surface area contributed by atoms with E-state index in [0.717, 1.165) is 22.4 Å². The Kier molecular flexibility index (Phi) is 3.34. The molecule has 0 bridgehead atoms. The predicted molar refractivity (Wildman–Crippen MR) is 81.7 cm³/mol. The van der Waals surface area contributed by atoms with Crippen molar-refractivity contribution in [2.24, 2.45) is 0 Å². The Morgan fingerprint density at radius 3 is 2.75 bits per heavy atom. The van der Waals surface area contributed by atoms with Crippen LogP contribution in [0.25, 0.3) is 22.4 Å². The second kappa shape index (κ2) is 5.15. The molecule has 102 valence electrons. The maximum Gasteiger partial charge on any atom is 0.143 e. The van der Waals surface area contributed by atoms with Crippen molar-refractivity contribution >= 4 is 28.3 Å². The normalized spacial score (nSPS) is 11.1. The zero-order valence-corrected chi connectivity index (χ0v) is 11.5. The SMILES string of the molecule is Nc1c(Cl)cccc1-c1nc2ccccc2n1CCO. The highest BCUT2D eigenvalue weighted by Crippen LogP contribution is 2.32. The second-order valence-corrected chi connectivity index (χ2v) is 4.91. The van der Waals surface area contributed by atoms with Crippen molar-refractivity contribution in [3.8, 4) is 11.4 Å². The van der Waals surface area contributed by atoms with Gasteiger partial charge < -0.3 is 15.4 Å². The predicted octanol–water partition coefficient (Wildman–Crippen LogP) is 2.93. The lowest BCUT2D eigenvalue weighted by Gasteiger charge is -2.10. The number of hydrogen-bond donors (Lipinski definition) is 2. The van der Waals surface area contributed by atoms with Gasteiger partial charge in [0.05, 0.1) is 28.4 Å². The zero-order valence-electron chi connectivity index (χ0n) is 10.8. The van der Waals surface area contributed by atoms with E-state index < -0.39 is 0 Å². The third-order valence-corrected chi connectivity index (χ3v) is 3.60. The van der Waals surface area contributed by atoms with Gasteiger partial charge in [-0.2, -0.15) is 0 Å². The first-order chi connectivity index (χ1) is 9.72. The number of aliphatic hydroxyl groups excluding tert-OH is 1. The van der Waals surface area contributed by atoms with E-state index >= 15 is 0 Å². The summed E-state index contributed by atoms with van der Waals surface area (Å²) in [6.07, 6.45) is 0. The van der Waals surface area contributed by atoms with Crippen molar-refractivity contribution in [1.29, 1.82) is 0 Å². The molecule has 20 heavy (non-hydrogen) atoms. The maximum absolute atomic E-state index is 9.29. The van der Waals surface area contributed by atoms with Gasteiger partial charge in [-0.05, 0) is 24.3 Å². The molecule has 0 amide bonds. The molecule has 3 aromatic rings. The molecule has 0 aliphatic carbocycles. The van der Waals surface area contributed by atoms with Crippen LogP contribution in [0.3, 0.4) is 0 Å². The van der Waals surface area contributed by atoms with Crippen LogP contribution in [-0.2, 0) is 6.54 Å². The molecule has 0 radical (unpaired) electrons. The number of nitrogens with two attached hydrogens (primary N) is 1. The van der Waals surface area contributed by atoms with Gasteiger partial charge in [0.15, 0.2) is 0 Å². The lowest BCUT2D eigenvalue weighted by atomic mass is 10.1. The molecule has 0 atom stereocenters. The second-order valence-electron chi connectivity index (χ2n) is 4.50. The van der Waals surface area contributed by atoms with Crippen LogP contribution >= 0.6 is 11.6 Å². The fourth-order valence-corrected chi connectivity index (χ4v) is 2.51. The summed E-state index contributed by atoms with van der Waals surface area (Å²) in [4.78, 5) is 4.62. The van der Waals surface area contributed by atoms with E-state index in [0.29, 0.717) is 17.3 Å². The van der Waals surface area contributed by atoms with Gasteiger partial charge in [0, 0.05) is 12.1 Å². The van der Waals surface area contributed by atoms with Crippen molar-refractivity contribution in [3.63, 3.8) is 0 Å². The van der Waals surface area contributed by atoms with Crippen molar-refractivity contribution in [2.75, 3.05) is 12.3 Å². The van der Waals surface area contributed by atoms with Crippen LogP contribution in [0.5, 0.6) is 0 Å². The Hall–Kier alpha value is -2.04. The Morgan fingerprint density at radius 1 is 1.15 bits per heavy atom. The van der Waals surface area contributed by atoms with Crippen LogP contribution < -0.4 is 5.73 Å². The molecule has 0 aliphatic heterocycles. The highest BCUT2D eigenvalue weighted by Gasteiger charge is 2.15. The molecule has 5 heteroatoms. The van der Waals surface area contributed by atoms with Crippen LogP contribution in [0, 0.1) is 0 Å². The smallest absolute Gasteiger partial charge is 0.143 e. The van der Waals surface area contributed by atoms with Gasteiger partial charge in [0.2, 0.25) is 0 Å². The number of imidazole rings is 1. The van der Waals surface area contributed by atoms with Crippen LogP contribution in [0.2, 0.25) is 5.02 Å². The summed E-state index contributed by atoms with van der Waals surface area (Å²) in [5, 5.41) is 9.79. The van der Waals surface area contributed by atoms with Crippen molar-refractivity contribution in [1.82, 2.24) is 9.55 Å². The van der Waals surface area contributed by atoms with Gasteiger partial charge in [-0.1, -0.05) is 29.8 Å². The molecular formula is C15H14ClN3O. The maximum atomic E-state index is 9.29. The van der Waals surface area contributed by atoms with Crippen LogP contribution in [0.1, 0.15) is 0 Å². The fraction of sp³-hybridized carbons (Fsp3) is 0.133. The van der Waals surface area contributed by atoms with Crippen LogP contribution in [-0.4, -0.2) is 21.3 Å². The minimum absolute atomic E-state index is 0.0355. The minimum atomic E-state index is 0.0355. The number of fused-ring (bicyclic) bond motifs is 1. The molecule has 2 aromatic carbocycles. The molecule has 0 fully saturated rings. The molecule has 1 aromatic heterocycles. The Bertz CT molecular complexity index is 767. The van der Waals surface area contributed by atoms with Crippen molar-refractivity contribution in [2.45, 2.75) is 6.54 Å². The van der Waals surface area contributed by atoms with Gasteiger partial charge >= 0.3 is 0 Å². The molecule has 0 saturated heterocycles. The van der Waals surface area contributed by atoms with E-state index in [9.17, 15) is 5.11 Å². The largest absolute Gasteiger partial charge is 0.397 e. The number of benzene rings is 2. The summed E-state index contributed by atoms with van der Waals surface area (Å²) >= 11 is 6.08. The van der Waals surface area contributed by atoms with E-state index in [1.165, 1.54) is 0 Å². The van der Waals surface area contributed by atoms with Crippen molar-refractivity contribution in [3.05, 3.63) is 47.5 Å². The monoisotopic (exact) mass is 287 g/mol. The first-order valence-electron chi connectivity index (χ1n) is 6.33. The highest BCUT2D eigenvalue weighted by molar-refractivity contribution is 6.33. The Balaban J connectivity index is 2.29. The molecule has 3 rings (SSSR count). The number of aliphatic hydroxyl groups is 1. The molecule has 0 aliphatic rings. The summed E-state index contributed by atoms with van der Waals surface area (Å²) in [5.41, 5.74) is 9.18. The van der Waals surface area contributed by atoms with Gasteiger partial charge in [-0.3, -0.25) is 0 Å². The van der Waals surface area contributed by atoms with Crippen LogP contribution in [0.15, 0.2) is 42.5 Å². The van der Waals surface area contributed by atoms with Gasteiger partial charge in [-0.25, -0.2) is 4.98 Å². The van der Waals surface area contributed by atoms with Gasteiger partial charge in [0.1, 0.15) is 5.82 Å². The number of halogens is 1. The number of aromatic nitrogens is 2. The number of hydrogen-bond acceptors (Lipinski definition) is 3. The van der Waals surface area contributed by atoms with E-state index in [-0.39, 0.29) is 6.61 Å². The molecule has 0 saturated carbocycles. The van der Waals surface area contributed by atoms with Gasteiger partial charge in [-0.15, -0.1) is 0 Å². The molecule has 4 nitrogen and oxygen atoms in total. The molecule has 0 spiro atoms. The molecule has 3 N–H and O–H groups in total. The van der Waals surface area contributed by atoms with E-state index in [1.54, 1.807) is 6.07 Å². The Labute approximate surface area is 121 Å². The molecule has 0 unspecified atom stereocenters. The third-order valence-electron chi connectivity index (χ3n) is 3.27. The standard InChI is InChI=1S/C15H14ClN3O/c16-11-5-3-4-10(14(11)17)15-18-12-6-1-2-7-13(12)19(15)8-9-20/h1-7,20H,8-9,17H2. The number of rotatable bonds is 3. The van der Waals surface area contributed by atoms with E-state index in [2.05, 4.69) is 4.98 Å². The number of nitrogens with zero attached hydrogens (tertiary/aromatic N) is 2. The highest BCUT2D eigenvalue weighted by atomic mass is 35.5. The molecule has 1 heterocycles. The van der Waals surface area contributed by atoms with E-state index in [1.807, 2.05) is 41.0 Å². The summed E-state index contributed by atoms with van der Waals surface area (Å²) < 4.78 is 1.96. The Morgan fingerprint density at radius 2 is 1.95 bits per heavy atom. The number of anilines is 1. The lowest BCUT2D eigenvalue weighted by molar-refractivity contribution is 0.278. The van der Waals surface area contributed by atoms with Crippen molar-refractivity contribution < 1.29 is 5.11 Å².